The Kier molecular flexibility index (Phi) is 5.58. The molecule has 0 saturated carbocycles. The highest BCUT2D eigenvalue weighted by molar-refractivity contribution is 5.91. The Morgan fingerprint density at radius 3 is 2.19 bits per heavy atom. The molecule has 138 valence electrons. The lowest BCUT2D eigenvalue weighted by Gasteiger charge is -2.51. The van der Waals surface area contributed by atoms with Gasteiger partial charge in [0.15, 0.2) is 0 Å². The van der Waals surface area contributed by atoms with Crippen LogP contribution >= 0.6 is 0 Å². The molecule has 0 aromatic heterocycles. The second kappa shape index (κ2) is 7.56. The quantitative estimate of drug-likeness (QED) is 0.550. The van der Waals surface area contributed by atoms with Crippen LogP contribution in [-0.2, 0) is 4.74 Å². The SMILES string of the molecule is C[N+]12CCC(OC(=O)Nc3ccccc3-c3ccccc3)(CC1)CC2.[I-]. The number of rotatable bonds is 3. The number of hydrogen-bond donors (Lipinski definition) is 1. The van der Waals surface area contributed by atoms with Crippen molar-refractivity contribution < 1.29 is 38.0 Å². The van der Waals surface area contributed by atoms with Crippen molar-refractivity contribution in [3.8, 4) is 11.1 Å². The number of fused-ring (bicyclic) bond motifs is 3. The third-order valence-electron chi connectivity index (χ3n) is 5.88. The van der Waals surface area contributed by atoms with Gasteiger partial charge in [-0.05, 0) is 11.6 Å². The van der Waals surface area contributed by atoms with E-state index in [9.17, 15) is 4.79 Å². The number of para-hydroxylation sites is 1. The zero-order valence-electron chi connectivity index (χ0n) is 15.1. The Morgan fingerprint density at radius 1 is 0.962 bits per heavy atom. The third kappa shape index (κ3) is 3.88. The lowest BCUT2D eigenvalue weighted by molar-refractivity contribution is -0.926. The zero-order valence-corrected chi connectivity index (χ0v) is 17.2. The van der Waals surface area contributed by atoms with Crippen LogP contribution in [0, 0.1) is 0 Å². The summed E-state index contributed by atoms with van der Waals surface area (Å²) in [7, 11) is 2.30. The summed E-state index contributed by atoms with van der Waals surface area (Å²) in [6.07, 6.45) is 2.58. The summed E-state index contributed by atoms with van der Waals surface area (Å²) in [5.41, 5.74) is 2.62. The lowest BCUT2D eigenvalue weighted by atomic mass is 9.81. The molecule has 2 bridgehead atoms. The highest BCUT2D eigenvalue weighted by Crippen LogP contribution is 2.39. The Morgan fingerprint density at radius 2 is 1.54 bits per heavy atom. The van der Waals surface area contributed by atoms with Crippen LogP contribution in [0.1, 0.15) is 19.3 Å². The number of carbonyl (C=O) groups excluding carboxylic acids is 1. The van der Waals surface area contributed by atoms with Gasteiger partial charge in [0.05, 0.1) is 32.4 Å². The van der Waals surface area contributed by atoms with E-state index in [1.54, 1.807) is 0 Å². The standard InChI is InChI=1S/C21H24N2O2.HI/c1-23-14-11-21(12-15-23,13-16-23)25-20(24)22-19-10-6-5-9-18(19)17-7-3-2-4-8-17;/h2-10H,11-16H2,1H3;1H. The number of halogens is 1. The Labute approximate surface area is 172 Å². The van der Waals surface area contributed by atoms with Crippen molar-refractivity contribution in [2.24, 2.45) is 0 Å². The number of piperidine rings is 3. The van der Waals surface area contributed by atoms with Crippen LogP contribution < -0.4 is 29.3 Å². The molecule has 3 fully saturated rings. The summed E-state index contributed by atoms with van der Waals surface area (Å²) in [4.78, 5) is 12.6. The minimum absolute atomic E-state index is 0. The first-order valence-corrected chi connectivity index (χ1v) is 9.06. The summed E-state index contributed by atoms with van der Waals surface area (Å²) in [5, 5.41) is 2.98. The van der Waals surface area contributed by atoms with Gasteiger partial charge in [-0.15, -0.1) is 0 Å². The maximum absolute atomic E-state index is 12.6. The molecule has 3 saturated heterocycles. The van der Waals surface area contributed by atoms with Gasteiger partial charge in [-0.25, -0.2) is 4.79 Å². The van der Waals surface area contributed by atoms with Gasteiger partial charge in [0, 0.05) is 24.8 Å². The number of anilines is 1. The van der Waals surface area contributed by atoms with E-state index in [-0.39, 0.29) is 35.7 Å². The summed E-state index contributed by atoms with van der Waals surface area (Å²) in [6, 6.07) is 18.0. The molecule has 1 amide bonds. The predicted octanol–water partition coefficient (Wildman–Crippen LogP) is 1.29. The smallest absolute Gasteiger partial charge is 0.412 e. The predicted molar refractivity (Wildman–Crippen MR) is 99.3 cm³/mol. The molecule has 5 heteroatoms. The summed E-state index contributed by atoms with van der Waals surface area (Å²) >= 11 is 0. The molecule has 0 spiro atoms. The molecule has 2 aromatic rings. The molecule has 1 N–H and O–H groups in total. The van der Waals surface area contributed by atoms with Crippen molar-refractivity contribution in [2.75, 3.05) is 32.0 Å². The van der Waals surface area contributed by atoms with Crippen LogP contribution in [0.2, 0.25) is 0 Å². The monoisotopic (exact) mass is 464 g/mol. The van der Waals surface area contributed by atoms with E-state index in [1.165, 1.54) is 0 Å². The number of nitrogens with zero attached hydrogens (tertiary/aromatic N) is 1. The van der Waals surface area contributed by atoms with Crippen LogP contribution in [0.4, 0.5) is 10.5 Å². The normalized spacial score (nSPS) is 26.7. The first-order valence-electron chi connectivity index (χ1n) is 9.06. The lowest BCUT2D eigenvalue weighted by Crippen LogP contribution is -3.00. The number of carbonyl (C=O) groups is 1. The van der Waals surface area contributed by atoms with Gasteiger partial charge < -0.3 is 33.2 Å². The molecule has 3 aliphatic heterocycles. The van der Waals surface area contributed by atoms with Crippen molar-refractivity contribution in [3.63, 3.8) is 0 Å². The fraction of sp³-hybridized carbons (Fsp3) is 0.381. The Hall–Kier alpha value is -1.60. The molecule has 5 rings (SSSR count). The maximum atomic E-state index is 12.6. The Balaban J connectivity index is 0.00000196. The maximum Gasteiger partial charge on any atom is 0.412 e. The number of nitrogens with one attached hydrogen (secondary N) is 1. The molecule has 4 nitrogen and oxygen atoms in total. The van der Waals surface area contributed by atoms with E-state index in [1.807, 2.05) is 54.6 Å². The summed E-state index contributed by atoms with van der Waals surface area (Å²) < 4.78 is 7.07. The van der Waals surface area contributed by atoms with Crippen LogP contribution in [0.25, 0.3) is 11.1 Å². The number of ether oxygens (including phenoxy) is 1. The van der Waals surface area contributed by atoms with Gasteiger partial charge >= 0.3 is 6.09 Å². The van der Waals surface area contributed by atoms with Gasteiger partial charge in [-0.3, -0.25) is 5.32 Å². The summed E-state index contributed by atoms with van der Waals surface area (Å²) in [5.74, 6) is 0. The van der Waals surface area contributed by atoms with E-state index in [2.05, 4.69) is 12.4 Å². The fourth-order valence-corrected chi connectivity index (χ4v) is 4.08. The second-order valence-electron chi connectivity index (χ2n) is 7.65. The molecule has 2 aromatic carbocycles. The van der Waals surface area contributed by atoms with E-state index >= 15 is 0 Å². The highest BCUT2D eigenvalue weighted by Gasteiger charge is 2.49. The van der Waals surface area contributed by atoms with E-state index in [0.717, 1.165) is 60.2 Å². The first-order chi connectivity index (χ1) is 12.1. The topological polar surface area (TPSA) is 38.3 Å². The minimum Gasteiger partial charge on any atom is -1.00 e. The van der Waals surface area contributed by atoms with E-state index < -0.39 is 0 Å². The van der Waals surface area contributed by atoms with E-state index in [0.29, 0.717) is 0 Å². The van der Waals surface area contributed by atoms with Gasteiger partial charge in [0.2, 0.25) is 0 Å². The van der Waals surface area contributed by atoms with Crippen molar-refractivity contribution in [1.82, 2.24) is 0 Å². The van der Waals surface area contributed by atoms with Crippen molar-refractivity contribution in [3.05, 3.63) is 54.6 Å². The largest absolute Gasteiger partial charge is 1.00 e. The number of benzene rings is 2. The van der Waals surface area contributed by atoms with E-state index in [4.69, 9.17) is 4.74 Å². The van der Waals surface area contributed by atoms with Gasteiger partial charge in [0.25, 0.3) is 0 Å². The zero-order chi connectivity index (χ0) is 17.3. The third-order valence-corrected chi connectivity index (χ3v) is 5.88. The Bertz CT molecular complexity index is 754. The number of amides is 1. The molecule has 26 heavy (non-hydrogen) atoms. The van der Waals surface area contributed by atoms with Gasteiger partial charge in [-0.2, -0.15) is 0 Å². The van der Waals surface area contributed by atoms with Gasteiger partial charge in [0.1, 0.15) is 5.60 Å². The molecular weight excluding hydrogens is 439 g/mol. The van der Waals surface area contributed by atoms with Crippen LogP contribution in [0.5, 0.6) is 0 Å². The molecule has 0 radical (unpaired) electrons. The molecule has 0 unspecified atom stereocenters. The molecule has 0 atom stereocenters. The molecular formula is C21H25IN2O2. The number of quaternary nitrogens is 1. The van der Waals surface area contributed by atoms with Crippen molar-refractivity contribution in [1.29, 1.82) is 0 Å². The molecule has 0 aliphatic carbocycles. The van der Waals surface area contributed by atoms with Crippen LogP contribution in [-0.4, -0.2) is 42.9 Å². The summed E-state index contributed by atoms with van der Waals surface area (Å²) in [6.45, 7) is 3.32. The van der Waals surface area contributed by atoms with Crippen LogP contribution in [0.3, 0.4) is 0 Å². The molecule has 3 aliphatic rings. The second-order valence-corrected chi connectivity index (χ2v) is 7.65. The average Bonchev–Trinajstić information content (AvgIpc) is 2.64. The fourth-order valence-electron chi connectivity index (χ4n) is 4.08. The first kappa shape index (κ1) is 19.2. The number of hydrogen-bond acceptors (Lipinski definition) is 2. The van der Waals surface area contributed by atoms with Crippen LogP contribution in [0.15, 0.2) is 54.6 Å². The van der Waals surface area contributed by atoms with Gasteiger partial charge in [-0.1, -0.05) is 48.5 Å². The van der Waals surface area contributed by atoms with Crippen molar-refractivity contribution in [2.45, 2.75) is 24.9 Å². The molecule has 3 heterocycles. The average molecular weight is 464 g/mol. The minimum atomic E-state index is -0.332. The van der Waals surface area contributed by atoms with Crippen molar-refractivity contribution >= 4 is 11.8 Å². The highest BCUT2D eigenvalue weighted by atomic mass is 127.